The third-order valence-corrected chi connectivity index (χ3v) is 3.17. The molecule has 1 unspecified atom stereocenters. The quantitative estimate of drug-likeness (QED) is 0.868. The van der Waals surface area contributed by atoms with E-state index in [1.807, 2.05) is 12.1 Å². The minimum Gasteiger partial charge on any atom is -0.493 e. The number of hydrogen-bond acceptors (Lipinski definition) is 3. The van der Waals surface area contributed by atoms with Gasteiger partial charge in [-0.15, -0.1) is 0 Å². The van der Waals surface area contributed by atoms with Crippen molar-refractivity contribution in [2.45, 2.75) is 38.6 Å². The highest BCUT2D eigenvalue weighted by atomic mass is 16.5. The maximum Gasteiger partial charge on any atom is 0.129 e. The molecule has 1 heterocycles. The maximum atomic E-state index is 10.9. The molecule has 92 valence electrons. The molecule has 0 bridgehead atoms. The molecule has 2 rings (SSSR count). The molecule has 0 amide bonds. The van der Waals surface area contributed by atoms with Gasteiger partial charge in [0, 0.05) is 12.5 Å². The summed E-state index contributed by atoms with van der Waals surface area (Å²) in [5.41, 5.74) is 8.43. The van der Waals surface area contributed by atoms with Crippen LogP contribution in [-0.4, -0.2) is 12.4 Å². The van der Waals surface area contributed by atoms with E-state index in [0.29, 0.717) is 6.42 Å². The number of carbonyl (C=O) groups excluding carboxylic acids is 1. The third kappa shape index (κ3) is 3.07. The van der Waals surface area contributed by atoms with Crippen LogP contribution >= 0.6 is 0 Å². The molecule has 1 aliphatic heterocycles. The Morgan fingerprint density at radius 1 is 1.53 bits per heavy atom. The van der Waals surface area contributed by atoms with E-state index >= 15 is 0 Å². The Balaban J connectivity index is 2.08. The predicted molar refractivity (Wildman–Crippen MR) is 67.1 cm³/mol. The number of benzene rings is 1. The molecule has 1 aliphatic rings. The third-order valence-electron chi connectivity index (χ3n) is 3.17. The van der Waals surface area contributed by atoms with E-state index in [1.165, 1.54) is 5.56 Å². The van der Waals surface area contributed by atoms with E-state index in [0.717, 1.165) is 37.2 Å². The Morgan fingerprint density at radius 2 is 2.35 bits per heavy atom. The lowest BCUT2D eigenvalue weighted by Crippen LogP contribution is -2.14. The van der Waals surface area contributed by atoms with Crippen LogP contribution < -0.4 is 10.5 Å². The van der Waals surface area contributed by atoms with Crippen molar-refractivity contribution in [3.05, 3.63) is 29.3 Å². The van der Waals surface area contributed by atoms with Gasteiger partial charge < -0.3 is 15.3 Å². The van der Waals surface area contributed by atoms with Gasteiger partial charge in [-0.3, -0.25) is 0 Å². The number of ketones is 1. The predicted octanol–water partition coefficient (Wildman–Crippen LogP) is 2.38. The number of carbonyl (C=O) groups is 1. The summed E-state index contributed by atoms with van der Waals surface area (Å²) in [6, 6.07) is 6.08. The average Bonchev–Trinajstić information content (AvgIpc) is 2.35. The van der Waals surface area contributed by atoms with E-state index in [-0.39, 0.29) is 11.8 Å². The molecule has 0 spiro atoms. The van der Waals surface area contributed by atoms with E-state index in [4.69, 9.17) is 10.5 Å². The van der Waals surface area contributed by atoms with Gasteiger partial charge in [-0.2, -0.15) is 0 Å². The van der Waals surface area contributed by atoms with Gasteiger partial charge in [0.05, 0.1) is 6.61 Å². The summed E-state index contributed by atoms with van der Waals surface area (Å²) in [6.07, 6.45) is 3.39. The smallest absolute Gasteiger partial charge is 0.129 e. The van der Waals surface area contributed by atoms with Crippen LogP contribution in [0.25, 0.3) is 0 Å². The largest absolute Gasteiger partial charge is 0.493 e. The number of Topliss-reactive ketones (excluding diaryl/α,β-unsaturated/α-hetero) is 1. The number of ether oxygens (including phenoxy) is 1. The van der Waals surface area contributed by atoms with Gasteiger partial charge in [0.15, 0.2) is 0 Å². The van der Waals surface area contributed by atoms with Gasteiger partial charge in [-0.25, -0.2) is 0 Å². The van der Waals surface area contributed by atoms with Crippen molar-refractivity contribution >= 4 is 5.78 Å². The molecule has 0 saturated heterocycles. The van der Waals surface area contributed by atoms with Crippen LogP contribution in [0.4, 0.5) is 0 Å². The second kappa shape index (κ2) is 5.32. The van der Waals surface area contributed by atoms with Gasteiger partial charge in [0.1, 0.15) is 11.5 Å². The van der Waals surface area contributed by atoms with E-state index in [2.05, 4.69) is 6.07 Å². The second-order valence-electron chi connectivity index (χ2n) is 4.67. The van der Waals surface area contributed by atoms with Gasteiger partial charge in [-0.05, 0) is 43.4 Å². The van der Waals surface area contributed by atoms with Crippen LogP contribution in [0.3, 0.4) is 0 Å². The Morgan fingerprint density at radius 3 is 3.12 bits per heavy atom. The Hall–Kier alpha value is -1.35. The lowest BCUT2D eigenvalue weighted by Gasteiger charge is -2.19. The van der Waals surface area contributed by atoms with Crippen molar-refractivity contribution in [3.8, 4) is 5.75 Å². The van der Waals surface area contributed by atoms with Gasteiger partial charge in [-0.1, -0.05) is 12.1 Å². The SMILES string of the molecule is CC(=O)CCC(N)c1ccc2c(c1)CCCO2. The van der Waals surface area contributed by atoms with Crippen molar-refractivity contribution in [2.75, 3.05) is 6.61 Å². The molecule has 0 saturated carbocycles. The fraction of sp³-hybridized carbons (Fsp3) is 0.500. The summed E-state index contributed by atoms with van der Waals surface area (Å²) in [5.74, 6) is 1.18. The summed E-state index contributed by atoms with van der Waals surface area (Å²) in [5, 5.41) is 0. The molecule has 3 heteroatoms. The Labute approximate surface area is 102 Å². The molecule has 3 nitrogen and oxygen atoms in total. The number of aryl methyl sites for hydroxylation is 1. The molecular formula is C14H19NO2. The maximum absolute atomic E-state index is 10.9. The highest BCUT2D eigenvalue weighted by molar-refractivity contribution is 5.75. The minimum atomic E-state index is -0.0499. The summed E-state index contributed by atoms with van der Waals surface area (Å²) in [4.78, 5) is 10.9. The molecule has 0 aliphatic carbocycles. The average molecular weight is 233 g/mol. The van der Waals surface area contributed by atoms with Crippen LogP contribution in [0, 0.1) is 0 Å². The van der Waals surface area contributed by atoms with E-state index in [1.54, 1.807) is 6.92 Å². The van der Waals surface area contributed by atoms with Gasteiger partial charge in [0.25, 0.3) is 0 Å². The zero-order chi connectivity index (χ0) is 12.3. The van der Waals surface area contributed by atoms with Crippen molar-refractivity contribution < 1.29 is 9.53 Å². The number of nitrogens with two attached hydrogens (primary N) is 1. The van der Waals surface area contributed by atoms with Crippen LogP contribution in [0.5, 0.6) is 5.75 Å². The molecule has 2 N–H and O–H groups in total. The molecular weight excluding hydrogens is 214 g/mol. The zero-order valence-corrected chi connectivity index (χ0v) is 10.2. The monoisotopic (exact) mass is 233 g/mol. The lowest BCUT2D eigenvalue weighted by molar-refractivity contribution is -0.117. The van der Waals surface area contributed by atoms with Crippen molar-refractivity contribution in [1.29, 1.82) is 0 Å². The highest BCUT2D eigenvalue weighted by Gasteiger charge is 2.13. The molecule has 17 heavy (non-hydrogen) atoms. The van der Waals surface area contributed by atoms with Crippen molar-refractivity contribution in [1.82, 2.24) is 0 Å². The summed E-state index contributed by atoms with van der Waals surface area (Å²) in [7, 11) is 0. The first-order chi connectivity index (χ1) is 8.16. The van der Waals surface area contributed by atoms with Crippen molar-refractivity contribution in [2.24, 2.45) is 5.73 Å². The van der Waals surface area contributed by atoms with E-state index in [9.17, 15) is 4.79 Å². The summed E-state index contributed by atoms with van der Waals surface area (Å²) in [6.45, 7) is 2.41. The first-order valence-corrected chi connectivity index (χ1v) is 6.17. The van der Waals surface area contributed by atoms with Crippen LogP contribution in [0.15, 0.2) is 18.2 Å². The fourth-order valence-corrected chi connectivity index (χ4v) is 2.14. The minimum absolute atomic E-state index is 0.0499. The molecule has 1 aromatic rings. The lowest BCUT2D eigenvalue weighted by atomic mass is 9.97. The van der Waals surface area contributed by atoms with Crippen LogP contribution in [0.2, 0.25) is 0 Å². The Kier molecular flexibility index (Phi) is 3.79. The number of rotatable bonds is 4. The first-order valence-electron chi connectivity index (χ1n) is 6.17. The molecule has 0 radical (unpaired) electrons. The molecule has 1 aromatic carbocycles. The van der Waals surface area contributed by atoms with Crippen LogP contribution in [-0.2, 0) is 11.2 Å². The normalized spacial score (nSPS) is 15.9. The van der Waals surface area contributed by atoms with Crippen LogP contribution in [0.1, 0.15) is 43.4 Å². The van der Waals surface area contributed by atoms with Crippen molar-refractivity contribution in [3.63, 3.8) is 0 Å². The van der Waals surface area contributed by atoms with E-state index < -0.39 is 0 Å². The topological polar surface area (TPSA) is 52.3 Å². The number of fused-ring (bicyclic) bond motifs is 1. The molecule has 0 fully saturated rings. The van der Waals surface area contributed by atoms with Gasteiger partial charge in [0.2, 0.25) is 0 Å². The Bertz CT molecular complexity index is 415. The summed E-state index contributed by atoms with van der Waals surface area (Å²) >= 11 is 0. The molecule has 1 atom stereocenters. The standard InChI is InChI=1S/C14H19NO2/c1-10(16)4-6-13(15)11-5-7-14-12(9-11)3-2-8-17-14/h5,7,9,13H,2-4,6,8,15H2,1H3. The summed E-state index contributed by atoms with van der Waals surface area (Å²) < 4.78 is 5.56. The zero-order valence-electron chi connectivity index (χ0n) is 10.2. The van der Waals surface area contributed by atoms with Gasteiger partial charge >= 0.3 is 0 Å². The second-order valence-corrected chi connectivity index (χ2v) is 4.67. The highest BCUT2D eigenvalue weighted by Crippen LogP contribution is 2.28. The molecule has 0 aromatic heterocycles. The first kappa shape index (κ1) is 12.1. The number of hydrogen-bond donors (Lipinski definition) is 1. The fourth-order valence-electron chi connectivity index (χ4n) is 2.14.